The summed E-state index contributed by atoms with van der Waals surface area (Å²) >= 11 is 3.18. The Bertz CT molecular complexity index is 461. The average Bonchev–Trinajstić information content (AvgIpc) is 2.32. The number of hydrogen-bond acceptors (Lipinski definition) is 5. The van der Waals surface area contributed by atoms with Gasteiger partial charge in [-0.25, -0.2) is 4.98 Å². The third-order valence-electron chi connectivity index (χ3n) is 2.20. The number of nitrogens with one attached hydrogen (secondary N) is 1. The van der Waals surface area contributed by atoms with Crippen LogP contribution in [0.1, 0.15) is 20.3 Å². The summed E-state index contributed by atoms with van der Waals surface area (Å²) in [7, 11) is 0. The number of carbonyl (C=O) groups is 1. The molecule has 7 heteroatoms. The van der Waals surface area contributed by atoms with Crippen LogP contribution in [0.3, 0.4) is 0 Å². The molecule has 1 N–H and O–H groups in total. The number of carbonyl (C=O) groups excluding carboxylic acids is 1. The van der Waals surface area contributed by atoms with Crippen molar-refractivity contribution in [1.82, 2.24) is 9.97 Å². The lowest BCUT2D eigenvalue weighted by Gasteiger charge is -2.22. The molecule has 18 heavy (non-hydrogen) atoms. The van der Waals surface area contributed by atoms with E-state index in [0.717, 1.165) is 6.42 Å². The molecule has 0 saturated carbocycles. The number of anilines is 1. The monoisotopic (exact) mass is 317 g/mol. The Balaban J connectivity index is 2.93. The van der Waals surface area contributed by atoms with E-state index in [-0.39, 0.29) is 18.1 Å². The Morgan fingerprint density at radius 2 is 2.28 bits per heavy atom. The predicted molar refractivity (Wildman–Crippen MR) is 71.7 cm³/mol. The molecule has 0 atom stereocenters. The maximum Gasteiger partial charge on any atom is 0.325 e. The number of esters is 1. The summed E-state index contributed by atoms with van der Waals surface area (Å²) in [5, 5.41) is 0. The molecule has 0 amide bonds. The first-order chi connectivity index (χ1) is 8.60. The average molecular weight is 318 g/mol. The lowest BCUT2D eigenvalue weighted by Crippen LogP contribution is -2.33. The van der Waals surface area contributed by atoms with Gasteiger partial charge in [-0.05, 0) is 29.3 Å². The highest BCUT2D eigenvalue weighted by Gasteiger charge is 2.17. The van der Waals surface area contributed by atoms with Gasteiger partial charge >= 0.3 is 5.97 Å². The molecule has 100 valence electrons. The summed E-state index contributed by atoms with van der Waals surface area (Å²) in [6.07, 6.45) is 2.15. The lowest BCUT2D eigenvalue weighted by molar-refractivity contribution is -0.141. The molecule has 1 rings (SSSR count). The zero-order valence-electron chi connectivity index (χ0n) is 10.4. The van der Waals surface area contributed by atoms with Crippen molar-refractivity contribution in [2.24, 2.45) is 0 Å². The van der Waals surface area contributed by atoms with Crippen molar-refractivity contribution in [1.29, 1.82) is 0 Å². The van der Waals surface area contributed by atoms with E-state index in [1.165, 1.54) is 6.33 Å². The molecular formula is C11H16BrN3O3. The first-order valence-corrected chi connectivity index (χ1v) is 6.53. The zero-order chi connectivity index (χ0) is 13.5. The fourth-order valence-electron chi connectivity index (χ4n) is 1.49. The number of ether oxygens (including phenoxy) is 1. The fraction of sp³-hybridized carbons (Fsp3) is 0.545. The molecule has 0 aliphatic rings. The van der Waals surface area contributed by atoms with Crippen LogP contribution < -0.4 is 10.5 Å². The van der Waals surface area contributed by atoms with Gasteiger partial charge in [0.1, 0.15) is 11.0 Å². The van der Waals surface area contributed by atoms with Gasteiger partial charge in [0, 0.05) is 6.54 Å². The van der Waals surface area contributed by atoms with E-state index in [4.69, 9.17) is 4.74 Å². The molecule has 1 heterocycles. The highest BCUT2D eigenvalue weighted by molar-refractivity contribution is 9.10. The molecule has 1 aromatic heterocycles. The summed E-state index contributed by atoms with van der Waals surface area (Å²) in [5.74, 6) is 0.119. The van der Waals surface area contributed by atoms with Gasteiger partial charge in [-0.1, -0.05) is 6.92 Å². The summed E-state index contributed by atoms with van der Waals surface area (Å²) in [6.45, 7) is 4.77. The van der Waals surface area contributed by atoms with E-state index in [9.17, 15) is 9.59 Å². The van der Waals surface area contributed by atoms with Crippen molar-refractivity contribution < 1.29 is 9.53 Å². The zero-order valence-corrected chi connectivity index (χ0v) is 12.0. The van der Waals surface area contributed by atoms with Crippen LogP contribution in [0.15, 0.2) is 15.6 Å². The van der Waals surface area contributed by atoms with Crippen LogP contribution in [-0.4, -0.2) is 35.6 Å². The van der Waals surface area contributed by atoms with Gasteiger partial charge in [-0.15, -0.1) is 0 Å². The molecule has 6 nitrogen and oxygen atoms in total. The Labute approximate surface area is 113 Å². The minimum absolute atomic E-state index is 0.0801. The van der Waals surface area contributed by atoms with Gasteiger partial charge in [0.15, 0.2) is 5.82 Å². The molecule has 0 fully saturated rings. The van der Waals surface area contributed by atoms with Crippen LogP contribution in [0.25, 0.3) is 0 Å². The topological polar surface area (TPSA) is 75.3 Å². The van der Waals surface area contributed by atoms with Crippen molar-refractivity contribution in [3.63, 3.8) is 0 Å². The fourth-order valence-corrected chi connectivity index (χ4v) is 1.95. The molecule has 0 bridgehead atoms. The van der Waals surface area contributed by atoms with Gasteiger partial charge in [0.25, 0.3) is 5.56 Å². The van der Waals surface area contributed by atoms with E-state index in [0.29, 0.717) is 23.4 Å². The van der Waals surface area contributed by atoms with Gasteiger partial charge < -0.3 is 14.6 Å². The standard InChI is InChI=1S/C11H16BrN3O3/c1-3-5-15(6-8(16)18-4-2)10-9(12)11(17)14-7-13-10/h7H,3-6H2,1-2H3,(H,13,14,17). The number of halogens is 1. The van der Waals surface area contributed by atoms with Crippen molar-refractivity contribution in [3.8, 4) is 0 Å². The Morgan fingerprint density at radius 1 is 1.56 bits per heavy atom. The molecule has 0 aromatic carbocycles. The number of nitrogens with zero attached hydrogens (tertiary/aromatic N) is 2. The van der Waals surface area contributed by atoms with Crippen LogP contribution in [0.4, 0.5) is 5.82 Å². The van der Waals surface area contributed by atoms with Crippen LogP contribution in [0.2, 0.25) is 0 Å². The first-order valence-electron chi connectivity index (χ1n) is 5.73. The smallest absolute Gasteiger partial charge is 0.325 e. The third kappa shape index (κ3) is 3.83. The lowest BCUT2D eigenvalue weighted by atomic mass is 10.4. The first kappa shape index (κ1) is 14.7. The Morgan fingerprint density at radius 3 is 2.89 bits per heavy atom. The van der Waals surface area contributed by atoms with E-state index in [1.54, 1.807) is 11.8 Å². The van der Waals surface area contributed by atoms with Gasteiger partial charge in [0.05, 0.1) is 12.9 Å². The number of aromatic nitrogens is 2. The molecular weight excluding hydrogens is 302 g/mol. The minimum Gasteiger partial charge on any atom is -0.465 e. The van der Waals surface area contributed by atoms with Crippen LogP contribution >= 0.6 is 15.9 Å². The predicted octanol–water partition coefficient (Wildman–Crippen LogP) is 1.31. The summed E-state index contributed by atoms with van der Waals surface area (Å²) in [4.78, 5) is 31.2. The summed E-state index contributed by atoms with van der Waals surface area (Å²) < 4.78 is 5.22. The van der Waals surface area contributed by atoms with Crippen molar-refractivity contribution >= 4 is 27.7 Å². The molecule has 0 aliphatic heterocycles. The molecule has 0 radical (unpaired) electrons. The molecule has 0 spiro atoms. The second-order valence-electron chi connectivity index (χ2n) is 3.60. The Kier molecular flexibility index (Phi) is 5.84. The van der Waals surface area contributed by atoms with Gasteiger partial charge in [-0.2, -0.15) is 0 Å². The van der Waals surface area contributed by atoms with E-state index < -0.39 is 0 Å². The maximum atomic E-state index is 11.5. The number of hydrogen-bond donors (Lipinski definition) is 1. The van der Waals surface area contributed by atoms with Gasteiger partial charge in [0.2, 0.25) is 0 Å². The quantitative estimate of drug-likeness (QED) is 0.801. The second-order valence-corrected chi connectivity index (χ2v) is 4.39. The Hall–Kier alpha value is -1.37. The minimum atomic E-state index is -0.333. The van der Waals surface area contributed by atoms with Crippen LogP contribution in [0.5, 0.6) is 0 Å². The highest BCUT2D eigenvalue weighted by Crippen LogP contribution is 2.19. The number of rotatable bonds is 6. The maximum absolute atomic E-state index is 11.5. The molecule has 1 aromatic rings. The summed E-state index contributed by atoms with van der Waals surface area (Å²) in [6, 6.07) is 0. The molecule has 0 unspecified atom stereocenters. The van der Waals surface area contributed by atoms with E-state index >= 15 is 0 Å². The normalized spacial score (nSPS) is 10.2. The third-order valence-corrected chi connectivity index (χ3v) is 2.91. The SMILES string of the molecule is CCCN(CC(=O)OCC)c1nc[nH]c(=O)c1Br. The van der Waals surface area contributed by atoms with Crippen molar-refractivity contribution in [3.05, 3.63) is 21.2 Å². The van der Waals surface area contributed by atoms with Crippen molar-refractivity contribution in [2.45, 2.75) is 20.3 Å². The second kappa shape index (κ2) is 7.15. The molecule has 0 aliphatic carbocycles. The largest absolute Gasteiger partial charge is 0.465 e. The summed E-state index contributed by atoms with van der Waals surface area (Å²) in [5.41, 5.74) is -0.273. The highest BCUT2D eigenvalue weighted by atomic mass is 79.9. The number of aromatic amines is 1. The van der Waals surface area contributed by atoms with Gasteiger partial charge in [-0.3, -0.25) is 9.59 Å². The van der Waals surface area contributed by atoms with E-state index in [2.05, 4.69) is 25.9 Å². The van der Waals surface area contributed by atoms with Crippen molar-refractivity contribution in [2.75, 3.05) is 24.6 Å². The van der Waals surface area contributed by atoms with Crippen LogP contribution in [-0.2, 0) is 9.53 Å². The van der Waals surface area contributed by atoms with E-state index in [1.807, 2.05) is 6.92 Å². The number of H-pyrrole nitrogens is 1. The van der Waals surface area contributed by atoms with Crippen LogP contribution in [0, 0.1) is 0 Å². The molecule has 0 saturated heterocycles.